The first kappa shape index (κ1) is 22.9. The Morgan fingerprint density at radius 1 is 0.692 bits per heavy atom. The highest BCUT2D eigenvalue weighted by Gasteiger charge is 2.33. The van der Waals surface area contributed by atoms with Gasteiger partial charge in [-0.05, 0) is 18.6 Å². The Kier molecular flexibility index (Phi) is 10.8. The van der Waals surface area contributed by atoms with Gasteiger partial charge in [0, 0.05) is 0 Å². The minimum atomic E-state index is -4.88. The monoisotopic (exact) mass is 406 g/mol. The minimum Gasteiger partial charge on any atom is -0.370 e. The van der Waals surface area contributed by atoms with Crippen molar-refractivity contribution >= 4 is 18.3 Å². The van der Waals surface area contributed by atoms with Gasteiger partial charge in [-0.25, -0.2) is 0 Å². The van der Waals surface area contributed by atoms with Gasteiger partial charge in [0.1, 0.15) is 5.75 Å². The van der Waals surface area contributed by atoms with Crippen LogP contribution in [-0.2, 0) is 22.5 Å². The molecule has 0 aliphatic heterocycles. The molecular formula is C18H30O6S2. The van der Waals surface area contributed by atoms with Gasteiger partial charge in [0.25, 0.3) is 0 Å². The molecule has 0 radical (unpaired) electrons. The fourth-order valence-corrected chi connectivity index (χ4v) is 4.36. The van der Waals surface area contributed by atoms with Gasteiger partial charge in [-0.3, -0.25) is 4.18 Å². The van der Waals surface area contributed by atoms with Gasteiger partial charge in [0.2, 0.25) is 0 Å². The number of hydrogen-bond acceptors (Lipinski definition) is 6. The summed E-state index contributed by atoms with van der Waals surface area (Å²) in [4.78, 5) is 0. The summed E-state index contributed by atoms with van der Waals surface area (Å²) in [5.74, 6) is -0.0707. The molecule has 0 fully saturated rings. The zero-order valence-electron chi connectivity index (χ0n) is 15.4. The average molecular weight is 407 g/mol. The summed E-state index contributed by atoms with van der Waals surface area (Å²) in [7, 11) is -9.69. The lowest BCUT2D eigenvalue weighted by atomic mass is 10.1. The second-order valence-electron chi connectivity index (χ2n) is 6.22. The van der Waals surface area contributed by atoms with E-state index in [9.17, 15) is 16.8 Å². The Bertz CT molecular complexity index is 684. The number of unbranched alkanes of at least 4 members (excludes halogenated alkanes) is 9. The van der Waals surface area contributed by atoms with Crippen LogP contribution < -0.4 is 4.18 Å². The van der Waals surface area contributed by atoms with Gasteiger partial charge >= 0.3 is 18.3 Å². The summed E-state index contributed by atoms with van der Waals surface area (Å²) in [6.07, 6.45) is 10.9. The molecule has 0 aromatic heterocycles. The third-order valence-electron chi connectivity index (χ3n) is 3.92. The van der Waals surface area contributed by atoms with Crippen molar-refractivity contribution in [3.8, 4) is 5.75 Å². The molecule has 0 spiro atoms. The lowest BCUT2D eigenvalue weighted by molar-refractivity contribution is 0.311. The van der Waals surface area contributed by atoms with Crippen LogP contribution in [0.3, 0.4) is 0 Å². The fraction of sp³-hybridized carbons (Fsp3) is 0.667. The highest BCUT2D eigenvalue weighted by molar-refractivity contribution is 8.63. The number of para-hydroxylation sites is 1. The molecule has 0 atom stereocenters. The predicted octanol–water partition coefficient (Wildman–Crippen LogP) is 4.58. The van der Waals surface area contributed by atoms with Crippen LogP contribution in [0.25, 0.3) is 0 Å². The zero-order chi connectivity index (χ0) is 19.3. The first-order valence-electron chi connectivity index (χ1n) is 9.28. The number of benzene rings is 1. The molecule has 26 heavy (non-hydrogen) atoms. The van der Waals surface area contributed by atoms with Crippen LogP contribution in [0.5, 0.6) is 5.75 Å². The Morgan fingerprint density at radius 2 is 1.19 bits per heavy atom. The van der Waals surface area contributed by atoms with Crippen LogP contribution >= 0.6 is 0 Å². The quantitative estimate of drug-likeness (QED) is 0.313. The molecule has 0 amide bonds. The van der Waals surface area contributed by atoms with E-state index in [1.54, 1.807) is 18.2 Å². The largest absolute Gasteiger partial charge is 0.444 e. The second kappa shape index (κ2) is 12.3. The van der Waals surface area contributed by atoms with Gasteiger partial charge < -0.3 is 4.18 Å². The molecule has 0 aliphatic rings. The van der Waals surface area contributed by atoms with Crippen molar-refractivity contribution in [2.75, 3.05) is 6.61 Å². The maximum absolute atomic E-state index is 11.8. The minimum absolute atomic E-state index is 0.0707. The SMILES string of the molecule is CCCCCCCCCCCCOS(=O)(=O)S(=O)(=O)Oc1ccccc1. The first-order chi connectivity index (χ1) is 12.4. The van der Waals surface area contributed by atoms with Crippen LogP contribution in [0.1, 0.15) is 71.1 Å². The molecule has 1 aromatic rings. The third kappa shape index (κ3) is 9.00. The maximum atomic E-state index is 11.8. The summed E-state index contributed by atoms with van der Waals surface area (Å²) < 4.78 is 56.3. The Hall–Kier alpha value is -1.12. The van der Waals surface area contributed by atoms with Crippen LogP contribution in [-0.4, -0.2) is 23.4 Å². The van der Waals surface area contributed by atoms with Crippen LogP contribution in [0, 0.1) is 0 Å². The Balaban J connectivity index is 2.19. The maximum Gasteiger partial charge on any atom is 0.444 e. The van der Waals surface area contributed by atoms with Crippen LogP contribution in [0.15, 0.2) is 30.3 Å². The molecule has 0 saturated heterocycles. The van der Waals surface area contributed by atoms with Crippen molar-refractivity contribution in [2.45, 2.75) is 71.1 Å². The Morgan fingerprint density at radius 3 is 1.73 bits per heavy atom. The highest BCUT2D eigenvalue weighted by Crippen LogP contribution is 2.17. The average Bonchev–Trinajstić information content (AvgIpc) is 2.60. The van der Waals surface area contributed by atoms with Crippen molar-refractivity contribution in [3.05, 3.63) is 30.3 Å². The smallest absolute Gasteiger partial charge is 0.370 e. The van der Waals surface area contributed by atoms with E-state index in [4.69, 9.17) is 0 Å². The Labute approximate surface area is 157 Å². The van der Waals surface area contributed by atoms with E-state index in [-0.39, 0.29) is 12.4 Å². The molecule has 150 valence electrons. The van der Waals surface area contributed by atoms with Crippen molar-refractivity contribution in [3.63, 3.8) is 0 Å². The van der Waals surface area contributed by atoms with E-state index in [0.29, 0.717) is 6.42 Å². The third-order valence-corrected chi connectivity index (χ3v) is 7.26. The standard InChI is InChI=1S/C18H30O6S2/c1-2-3-4-5-6-7-8-9-10-14-17-23-25(19,20)26(21,22)24-18-15-12-11-13-16-18/h11-13,15-16H,2-10,14,17H2,1H3. The molecule has 8 heteroatoms. The normalized spacial score (nSPS) is 12.2. The molecule has 0 aliphatic carbocycles. The van der Waals surface area contributed by atoms with Gasteiger partial charge in [0.15, 0.2) is 0 Å². The van der Waals surface area contributed by atoms with Crippen molar-refractivity contribution < 1.29 is 25.2 Å². The van der Waals surface area contributed by atoms with E-state index in [1.165, 1.54) is 50.7 Å². The van der Waals surface area contributed by atoms with Gasteiger partial charge in [-0.1, -0.05) is 82.9 Å². The molecule has 1 aromatic carbocycles. The highest BCUT2D eigenvalue weighted by atomic mass is 33.2. The number of hydrogen-bond donors (Lipinski definition) is 0. The van der Waals surface area contributed by atoms with Gasteiger partial charge in [0.05, 0.1) is 6.61 Å². The van der Waals surface area contributed by atoms with E-state index < -0.39 is 18.3 Å². The topological polar surface area (TPSA) is 86.7 Å². The second-order valence-corrected chi connectivity index (χ2v) is 10.7. The lowest BCUT2D eigenvalue weighted by Crippen LogP contribution is -2.23. The van der Waals surface area contributed by atoms with Crippen molar-refractivity contribution in [1.29, 1.82) is 0 Å². The molecular weight excluding hydrogens is 376 g/mol. The fourth-order valence-electron chi connectivity index (χ4n) is 2.44. The van der Waals surface area contributed by atoms with Crippen LogP contribution in [0.2, 0.25) is 0 Å². The molecule has 0 unspecified atom stereocenters. The molecule has 1 rings (SSSR count). The van der Waals surface area contributed by atoms with E-state index >= 15 is 0 Å². The van der Waals surface area contributed by atoms with Gasteiger partial charge in [-0.2, -0.15) is 16.8 Å². The predicted molar refractivity (Wildman–Crippen MR) is 103 cm³/mol. The zero-order valence-corrected chi connectivity index (χ0v) is 17.1. The molecule has 0 saturated carbocycles. The molecule has 0 heterocycles. The van der Waals surface area contributed by atoms with Gasteiger partial charge in [-0.15, -0.1) is 0 Å². The number of rotatable bonds is 15. The molecule has 6 nitrogen and oxygen atoms in total. The van der Waals surface area contributed by atoms with Crippen LogP contribution in [0.4, 0.5) is 0 Å². The lowest BCUT2D eigenvalue weighted by Gasteiger charge is -2.08. The van der Waals surface area contributed by atoms with E-state index in [1.807, 2.05) is 0 Å². The molecule has 0 N–H and O–H groups in total. The summed E-state index contributed by atoms with van der Waals surface area (Å²) in [5, 5.41) is 0. The summed E-state index contributed by atoms with van der Waals surface area (Å²) in [5.41, 5.74) is 0. The summed E-state index contributed by atoms with van der Waals surface area (Å²) in [6, 6.07) is 7.46. The summed E-state index contributed by atoms with van der Waals surface area (Å²) >= 11 is 0. The van der Waals surface area contributed by atoms with E-state index in [2.05, 4.69) is 15.3 Å². The van der Waals surface area contributed by atoms with Crippen molar-refractivity contribution in [2.24, 2.45) is 0 Å². The first-order valence-corrected chi connectivity index (χ1v) is 12.6. The molecule has 0 bridgehead atoms. The summed E-state index contributed by atoms with van der Waals surface area (Å²) in [6.45, 7) is 2.04. The van der Waals surface area contributed by atoms with E-state index in [0.717, 1.165) is 19.3 Å². The van der Waals surface area contributed by atoms with Crippen molar-refractivity contribution in [1.82, 2.24) is 0 Å².